The van der Waals surface area contributed by atoms with Gasteiger partial charge in [-0.25, -0.2) is 0 Å². The number of azide groups is 1. The molecule has 0 aromatic heterocycles. The Bertz CT molecular complexity index is 348. The summed E-state index contributed by atoms with van der Waals surface area (Å²) < 4.78 is 12.0. The zero-order chi connectivity index (χ0) is 14.7. The Morgan fingerprint density at radius 3 is 2.37 bits per heavy atom. The largest absolute Gasteiger partial charge is 0.411 e. The molecule has 0 aliphatic heterocycles. The van der Waals surface area contributed by atoms with E-state index in [1.54, 1.807) is 7.11 Å². The van der Waals surface area contributed by atoms with E-state index in [0.29, 0.717) is 0 Å². The van der Waals surface area contributed by atoms with Gasteiger partial charge < -0.3 is 9.16 Å². The van der Waals surface area contributed by atoms with Crippen molar-refractivity contribution in [3.05, 3.63) is 10.4 Å². The summed E-state index contributed by atoms with van der Waals surface area (Å²) in [5.74, 6) is 0. The summed E-state index contributed by atoms with van der Waals surface area (Å²) in [7, 11) is -0.171. The van der Waals surface area contributed by atoms with Gasteiger partial charge in [0.25, 0.3) is 0 Å². The van der Waals surface area contributed by atoms with Crippen molar-refractivity contribution >= 4 is 8.32 Å². The minimum Gasteiger partial charge on any atom is -0.411 e. The third-order valence-corrected chi connectivity index (χ3v) is 8.95. The number of hydrogen-bond acceptors (Lipinski definition) is 3. The van der Waals surface area contributed by atoms with Crippen molar-refractivity contribution < 1.29 is 9.16 Å². The summed E-state index contributed by atoms with van der Waals surface area (Å²) in [6, 6.07) is -0.0992. The molecule has 0 aromatic rings. The molecule has 3 atom stereocenters. The molecular formula is C13H27N3O2Si. The van der Waals surface area contributed by atoms with Crippen LogP contribution in [0.1, 0.15) is 40.0 Å². The van der Waals surface area contributed by atoms with Crippen molar-refractivity contribution in [2.24, 2.45) is 5.11 Å². The molecule has 0 heterocycles. The molecule has 0 aromatic carbocycles. The normalized spacial score (nSPS) is 28.8. The standard InChI is InChI=1S/C13H27N3O2Si/c1-13(2,3)19(5,6)18-12-10(15-16-14)8-7-9-11(12)17-4/h10-12H,7-9H2,1-6H3/t10-,11+,12?/m0/s1. The van der Waals surface area contributed by atoms with Crippen LogP contribution in [-0.2, 0) is 9.16 Å². The van der Waals surface area contributed by atoms with Gasteiger partial charge in [-0.1, -0.05) is 32.3 Å². The molecule has 0 bridgehead atoms. The highest BCUT2D eigenvalue weighted by Gasteiger charge is 2.44. The fourth-order valence-electron chi connectivity index (χ4n) is 2.22. The maximum Gasteiger partial charge on any atom is 0.192 e. The van der Waals surface area contributed by atoms with Crippen LogP contribution in [0.4, 0.5) is 0 Å². The molecule has 0 amide bonds. The lowest BCUT2D eigenvalue weighted by Crippen LogP contribution is -2.52. The van der Waals surface area contributed by atoms with Gasteiger partial charge in [0.05, 0.1) is 18.2 Å². The molecule has 1 rings (SSSR count). The van der Waals surface area contributed by atoms with Crippen LogP contribution in [0.2, 0.25) is 18.1 Å². The van der Waals surface area contributed by atoms with Gasteiger partial charge in [-0.3, -0.25) is 0 Å². The molecule has 6 heteroatoms. The number of methoxy groups -OCH3 is 1. The van der Waals surface area contributed by atoms with Crippen LogP contribution in [0.15, 0.2) is 5.11 Å². The van der Waals surface area contributed by atoms with Crippen molar-refractivity contribution in [1.82, 2.24) is 0 Å². The number of ether oxygens (including phenoxy) is 1. The Morgan fingerprint density at radius 2 is 1.89 bits per heavy atom. The van der Waals surface area contributed by atoms with Crippen molar-refractivity contribution in [3.63, 3.8) is 0 Å². The number of hydrogen-bond donors (Lipinski definition) is 0. The fraction of sp³-hybridized carbons (Fsp3) is 1.00. The highest BCUT2D eigenvalue weighted by atomic mass is 28.4. The molecule has 0 saturated heterocycles. The summed E-state index contributed by atoms with van der Waals surface area (Å²) in [4.78, 5) is 2.98. The first kappa shape index (κ1) is 16.5. The molecular weight excluding hydrogens is 258 g/mol. The van der Waals surface area contributed by atoms with Gasteiger partial charge >= 0.3 is 0 Å². The van der Waals surface area contributed by atoms with Crippen LogP contribution in [0.5, 0.6) is 0 Å². The molecule has 5 nitrogen and oxygen atoms in total. The molecule has 1 saturated carbocycles. The molecule has 19 heavy (non-hydrogen) atoms. The van der Waals surface area contributed by atoms with Gasteiger partial charge in [-0.2, -0.15) is 0 Å². The minimum atomic E-state index is -1.88. The van der Waals surface area contributed by atoms with Crippen molar-refractivity contribution in [2.45, 2.75) is 76.4 Å². The van der Waals surface area contributed by atoms with Crippen LogP contribution in [-0.4, -0.2) is 33.7 Å². The second kappa shape index (κ2) is 6.26. The van der Waals surface area contributed by atoms with Gasteiger partial charge in [0.1, 0.15) is 0 Å². The molecule has 0 radical (unpaired) electrons. The quantitative estimate of drug-likeness (QED) is 0.335. The predicted octanol–water partition coefficient (Wildman–Crippen LogP) is 4.25. The van der Waals surface area contributed by atoms with Crippen molar-refractivity contribution in [2.75, 3.05) is 7.11 Å². The predicted molar refractivity (Wildman–Crippen MR) is 79.7 cm³/mol. The smallest absolute Gasteiger partial charge is 0.192 e. The van der Waals surface area contributed by atoms with Gasteiger partial charge in [0.2, 0.25) is 0 Å². The average Bonchev–Trinajstić information content (AvgIpc) is 2.30. The summed E-state index contributed by atoms with van der Waals surface area (Å²) in [5.41, 5.74) is 8.73. The third kappa shape index (κ3) is 3.95. The van der Waals surface area contributed by atoms with E-state index in [1.807, 2.05) is 0 Å². The second-order valence-corrected chi connectivity index (χ2v) is 11.6. The molecule has 0 spiro atoms. The Morgan fingerprint density at radius 1 is 1.26 bits per heavy atom. The summed E-state index contributed by atoms with van der Waals surface area (Å²) in [6.45, 7) is 11.1. The topological polar surface area (TPSA) is 67.2 Å². The highest BCUT2D eigenvalue weighted by molar-refractivity contribution is 6.74. The lowest BCUT2D eigenvalue weighted by atomic mass is 9.90. The van der Waals surface area contributed by atoms with E-state index in [1.165, 1.54) is 0 Å². The maximum atomic E-state index is 8.73. The van der Waals surface area contributed by atoms with E-state index in [2.05, 4.69) is 43.9 Å². The lowest BCUT2D eigenvalue weighted by molar-refractivity contribution is -0.0386. The third-order valence-electron chi connectivity index (χ3n) is 4.47. The Kier molecular flexibility index (Phi) is 5.44. The van der Waals surface area contributed by atoms with Crippen LogP contribution in [0.3, 0.4) is 0 Å². The van der Waals surface area contributed by atoms with Crippen molar-refractivity contribution in [3.8, 4) is 0 Å². The van der Waals surface area contributed by atoms with E-state index in [9.17, 15) is 0 Å². The van der Waals surface area contributed by atoms with Crippen LogP contribution >= 0.6 is 0 Å². The number of rotatable bonds is 4. The Labute approximate surface area is 117 Å². The molecule has 0 N–H and O–H groups in total. The van der Waals surface area contributed by atoms with Crippen LogP contribution in [0, 0.1) is 0 Å². The highest BCUT2D eigenvalue weighted by Crippen LogP contribution is 2.40. The van der Waals surface area contributed by atoms with Gasteiger partial charge in [0, 0.05) is 12.0 Å². The molecule has 1 aliphatic rings. The maximum absolute atomic E-state index is 8.73. The van der Waals surface area contributed by atoms with Gasteiger partial charge in [-0.05, 0) is 36.5 Å². The molecule has 1 aliphatic carbocycles. The van der Waals surface area contributed by atoms with Gasteiger partial charge in [-0.15, -0.1) is 0 Å². The van der Waals surface area contributed by atoms with Crippen LogP contribution < -0.4 is 0 Å². The second-order valence-electron chi connectivity index (χ2n) is 6.82. The SMILES string of the molecule is CO[C@@H]1CCC[C@H](N=[N+]=[N-])C1O[Si](C)(C)C(C)(C)C. The fourth-order valence-corrected chi connectivity index (χ4v) is 3.56. The number of nitrogens with zero attached hydrogens (tertiary/aromatic N) is 3. The average molecular weight is 285 g/mol. The minimum absolute atomic E-state index is 0.0402. The molecule has 1 unspecified atom stereocenters. The van der Waals surface area contributed by atoms with Crippen LogP contribution in [0.25, 0.3) is 10.4 Å². The molecule has 1 fully saturated rings. The summed E-state index contributed by atoms with van der Waals surface area (Å²) in [5, 5.41) is 4.07. The monoisotopic (exact) mass is 285 g/mol. The molecule has 110 valence electrons. The van der Waals surface area contributed by atoms with E-state index in [-0.39, 0.29) is 23.3 Å². The zero-order valence-corrected chi connectivity index (χ0v) is 14.0. The van der Waals surface area contributed by atoms with Gasteiger partial charge in [0.15, 0.2) is 8.32 Å². The van der Waals surface area contributed by atoms with E-state index >= 15 is 0 Å². The Balaban J connectivity index is 2.93. The Hall–Kier alpha value is -0.553. The lowest BCUT2D eigenvalue weighted by Gasteiger charge is -2.44. The first-order chi connectivity index (χ1) is 8.73. The van der Waals surface area contributed by atoms with E-state index < -0.39 is 8.32 Å². The zero-order valence-electron chi connectivity index (χ0n) is 13.0. The van der Waals surface area contributed by atoms with Crippen molar-refractivity contribution in [1.29, 1.82) is 0 Å². The first-order valence-corrected chi connectivity index (χ1v) is 9.88. The van der Waals surface area contributed by atoms with E-state index in [4.69, 9.17) is 14.7 Å². The summed E-state index contributed by atoms with van der Waals surface area (Å²) >= 11 is 0. The first-order valence-electron chi connectivity index (χ1n) is 6.98. The van der Waals surface area contributed by atoms with E-state index in [0.717, 1.165) is 19.3 Å². The summed E-state index contributed by atoms with van der Waals surface area (Å²) in [6.07, 6.45) is 2.84.